The van der Waals surface area contributed by atoms with E-state index in [0.717, 1.165) is 29.7 Å². The number of nitrogens with one attached hydrogen (secondary N) is 2. The second-order valence-electron chi connectivity index (χ2n) is 11.9. The predicted octanol–water partition coefficient (Wildman–Crippen LogP) is 6.05. The van der Waals surface area contributed by atoms with Crippen molar-refractivity contribution in [1.82, 2.24) is 19.3 Å². The number of H-pyrrole nitrogens is 1. The fraction of sp³-hybridized carbons (Fsp3) is 0.433. The number of hydrogen-bond donors (Lipinski definition) is 2. The van der Waals surface area contributed by atoms with Gasteiger partial charge in [-0.1, -0.05) is 0 Å². The lowest BCUT2D eigenvalue weighted by Crippen LogP contribution is -2.48. The molecule has 0 bridgehead atoms. The molecule has 4 heterocycles. The maximum absolute atomic E-state index is 14.6. The van der Waals surface area contributed by atoms with E-state index in [0.29, 0.717) is 29.0 Å². The summed E-state index contributed by atoms with van der Waals surface area (Å²) in [5.41, 5.74) is 3.77. The molecule has 0 aliphatic carbocycles. The van der Waals surface area contributed by atoms with Crippen molar-refractivity contribution in [3.05, 3.63) is 59.4 Å². The molecule has 212 valence electrons. The van der Waals surface area contributed by atoms with E-state index in [1.165, 1.54) is 6.07 Å². The van der Waals surface area contributed by atoms with Gasteiger partial charge in [-0.15, -0.1) is 0 Å². The summed E-state index contributed by atoms with van der Waals surface area (Å²) >= 11 is 0. The maximum Gasteiger partial charge on any atom is 0.410 e. The highest BCUT2D eigenvalue weighted by Crippen LogP contribution is 2.34. The summed E-state index contributed by atoms with van der Waals surface area (Å²) in [7, 11) is 0. The Kier molecular flexibility index (Phi) is 6.97. The lowest BCUT2D eigenvalue weighted by molar-refractivity contribution is 0.0107. The number of carbonyl (C=O) groups is 2. The largest absolute Gasteiger partial charge is 0.444 e. The summed E-state index contributed by atoms with van der Waals surface area (Å²) in [5.74, 6) is -0.850. The molecule has 10 heteroatoms. The van der Waals surface area contributed by atoms with Gasteiger partial charge in [-0.3, -0.25) is 4.79 Å². The standard InChI is InChI=1S/C30H37FN6O3/c1-17(2)37(29(39)40-30(5,6)7)21-10-11-35(16-21)25-9-8-22(26-23(25)12-18(3)32-26)28(38)34-20-13-24(31)27-33-19(4)14-36(27)15-20/h8-9,12-15,17,21,32H,10-11,16H2,1-7H3,(H,34,38)/t21-/m1/s1. The van der Waals surface area contributed by atoms with Crippen LogP contribution >= 0.6 is 0 Å². The molecule has 1 atom stereocenters. The molecular formula is C30H37FN6O3. The van der Waals surface area contributed by atoms with Crippen LogP contribution in [0.3, 0.4) is 0 Å². The minimum Gasteiger partial charge on any atom is -0.444 e. The van der Waals surface area contributed by atoms with Gasteiger partial charge in [-0.2, -0.15) is 0 Å². The number of aromatic amines is 1. The van der Waals surface area contributed by atoms with E-state index < -0.39 is 11.4 Å². The van der Waals surface area contributed by atoms with Gasteiger partial charge in [0.1, 0.15) is 5.60 Å². The third-order valence-corrected chi connectivity index (χ3v) is 7.09. The van der Waals surface area contributed by atoms with Gasteiger partial charge in [0.25, 0.3) is 5.91 Å². The van der Waals surface area contributed by atoms with Crippen molar-refractivity contribution in [3.8, 4) is 0 Å². The summed E-state index contributed by atoms with van der Waals surface area (Å²) in [6.45, 7) is 14.8. The number of amides is 2. The number of nitrogens with zero attached hydrogens (tertiary/aromatic N) is 4. The minimum atomic E-state index is -0.567. The van der Waals surface area contributed by atoms with E-state index in [1.54, 1.807) is 29.8 Å². The van der Waals surface area contributed by atoms with E-state index in [9.17, 15) is 14.0 Å². The van der Waals surface area contributed by atoms with Gasteiger partial charge in [0, 0.05) is 54.4 Å². The SMILES string of the molecule is Cc1cn2cc(NC(=O)c3ccc(N4CC[C@@H](N(C(=O)OC(C)(C)C)C(C)C)C4)c4cc(C)[nH]c34)cc(F)c2n1. The molecule has 1 aliphatic heterocycles. The number of ether oxygens (including phenoxy) is 1. The molecule has 1 aliphatic rings. The number of rotatable bonds is 5. The van der Waals surface area contributed by atoms with Gasteiger partial charge >= 0.3 is 6.09 Å². The molecule has 9 nitrogen and oxygen atoms in total. The van der Waals surface area contributed by atoms with Gasteiger partial charge in [-0.25, -0.2) is 14.2 Å². The molecule has 2 amide bonds. The Bertz CT molecular complexity index is 1600. The van der Waals surface area contributed by atoms with Crippen molar-refractivity contribution in [3.63, 3.8) is 0 Å². The minimum absolute atomic E-state index is 0.00399. The highest BCUT2D eigenvalue weighted by molar-refractivity contribution is 6.14. The normalized spacial score (nSPS) is 15.8. The molecule has 3 aromatic heterocycles. The second kappa shape index (κ2) is 10.1. The van der Waals surface area contributed by atoms with Crippen LogP contribution in [0, 0.1) is 19.7 Å². The Morgan fingerprint density at radius 2 is 1.95 bits per heavy atom. The number of fused-ring (bicyclic) bond motifs is 2. The molecule has 0 spiro atoms. The van der Waals surface area contributed by atoms with Crippen molar-refractivity contribution in [2.75, 3.05) is 23.3 Å². The molecule has 1 fully saturated rings. The zero-order valence-corrected chi connectivity index (χ0v) is 24.1. The number of anilines is 2. The summed E-state index contributed by atoms with van der Waals surface area (Å²) in [4.78, 5) is 38.0. The summed E-state index contributed by atoms with van der Waals surface area (Å²) < 4.78 is 21.9. The van der Waals surface area contributed by atoms with Crippen LogP contribution in [-0.4, -0.2) is 62.0 Å². The molecule has 1 saturated heterocycles. The van der Waals surface area contributed by atoms with Crippen LogP contribution in [0.4, 0.5) is 20.6 Å². The molecule has 40 heavy (non-hydrogen) atoms. The van der Waals surface area contributed by atoms with Crippen molar-refractivity contribution < 1.29 is 18.7 Å². The first-order valence-corrected chi connectivity index (χ1v) is 13.7. The number of benzene rings is 1. The quantitative estimate of drug-likeness (QED) is 0.317. The van der Waals surface area contributed by atoms with Crippen LogP contribution in [0.1, 0.15) is 62.8 Å². The van der Waals surface area contributed by atoms with Gasteiger partial charge in [-0.05, 0) is 73.1 Å². The average molecular weight is 549 g/mol. The number of carbonyl (C=O) groups excluding carboxylic acids is 2. The lowest BCUT2D eigenvalue weighted by Gasteiger charge is -2.34. The number of aromatic nitrogens is 3. The summed E-state index contributed by atoms with van der Waals surface area (Å²) in [5, 5.41) is 3.76. The Balaban J connectivity index is 1.40. The topological polar surface area (TPSA) is 95.0 Å². The van der Waals surface area contributed by atoms with Gasteiger partial charge in [0.05, 0.1) is 28.5 Å². The molecular weight excluding hydrogens is 511 g/mol. The number of hydrogen-bond acceptors (Lipinski definition) is 5. The Labute approximate surface area is 233 Å². The van der Waals surface area contributed by atoms with Gasteiger partial charge in [0.2, 0.25) is 0 Å². The number of imidazole rings is 1. The fourth-order valence-electron chi connectivity index (χ4n) is 5.53. The van der Waals surface area contributed by atoms with Crippen LogP contribution in [0.5, 0.6) is 0 Å². The van der Waals surface area contributed by atoms with E-state index in [-0.39, 0.29) is 29.7 Å². The van der Waals surface area contributed by atoms with E-state index in [1.807, 2.05) is 58.6 Å². The molecule has 1 aromatic carbocycles. The van der Waals surface area contributed by atoms with Crippen LogP contribution in [0.2, 0.25) is 0 Å². The zero-order valence-electron chi connectivity index (χ0n) is 24.1. The van der Waals surface area contributed by atoms with Crippen LogP contribution in [0.15, 0.2) is 36.7 Å². The second-order valence-corrected chi connectivity index (χ2v) is 11.9. The van der Waals surface area contributed by atoms with Gasteiger partial charge in [0.15, 0.2) is 11.5 Å². The van der Waals surface area contributed by atoms with E-state index >= 15 is 0 Å². The van der Waals surface area contributed by atoms with Crippen molar-refractivity contribution in [2.24, 2.45) is 0 Å². The van der Waals surface area contributed by atoms with Crippen molar-refractivity contribution >= 4 is 39.9 Å². The first-order valence-electron chi connectivity index (χ1n) is 13.7. The van der Waals surface area contributed by atoms with Crippen LogP contribution in [0.25, 0.3) is 16.6 Å². The van der Waals surface area contributed by atoms with Gasteiger partial charge < -0.3 is 29.2 Å². The lowest BCUT2D eigenvalue weighted by atomic mass is 10.1. The highest BCUT2D eigenvalue weighted by Gasteiger charge is 2.35. The average Bonchev–Trinajstić information content (AvgIpc) is 3.54. The molecule has 2 N–H and O–H groups in total. The first kappa shape index (κ1) is 27.5. The number of aryl methyl sites for hydroxylation is 2. The molecule has 4 aromatic rings. The van der Waals surface area contributed by atoms with E-state index in [4.69, 9.17) is 4.74 Å². The number of halogens is 1. The summed E-state index contributed by atoms with van der Waals surface area (Å²) in [6.07, 6.45) is 3.87. The first-order chi connectivity index (χ1) is 18.8. The Hall–Kier alpha value is -4.08. The molecule has 0 radical (unpaired) electrons. The molecule has 5 rings (SSSR count). The summed E-state index contributed by atoms with van der Waals surface area (Å²) in [6, 6.07) is 7.05. The Morgan fingerprint density at radius 1 is 1.20 bits per heavy atom. The highest BCUT2D eigenvalue weighted by atomic mass is 19.1. The fourth-order valence-corrected chi connectivity index (χ4v) is 5.53. The Morgan fingerprint density at radius 3 is 2.65 bits per heavy atom. The number of pyridine rings is 1. The third-order valence-electron chi connectivity index (χ3n) is 7.09. The van der Waals surface area contributed by atoms with E-state index in [2.05, 4.69) is 20.2 Å². The molecule has 0 saturated carbocycles. The third kappa shape index (κ3) is 5.35. The predicted molar refractivity (Wildman–Crippen MR) is 155 cm³/mol. The zero-order chi connectivity index (χ0) is 28.9. The monoisotopic (exact) mass is 548 g/mol. The van der Waals surface area contributed by atoms with Crippen molar-refractivity contribution in [1.29, 1.82) is 0 Å². The van der Waals surface area contributed by atoms with Crippen molar-refractivity contribution in [2.45, 2.75) is 72.6 Å². The molecule has 0 unspecified atom stereocenters. The maximum atomic E-state index is 14.6. The van der Waals surface area contributed by atoms with Crippen LogP contribution in [-0.2, 0) is 4.74 Å². The smallest absolute Gasteiger partial charge is 0.410 e. The van der Waals surface area contributed by atoms with Crippen LogP contribution < -0.4 is 10.2 Å².